The third-order valence-corrected chi connectivity index (χ3v) is 6.02. The lowest BCUT2D eigenvalue weighted by Gasteiger charge is -2.31. The van der Waals surface area contributed by atoms with Crippen molar-refractivity contribution >= 4 is 20.0 Å². The Hall–Kier alpha value is -1.10. The van der Waals surface area contributed by atoms with Crippen LogP contribution in [0, 0.1) is 11.6 Å². The van der Waals surface area contributed by atoms with E-state index < -0.39 is 36.6 Å². The van der Waals surface area contributed by atoms with Crippen molar-refractivity contribution in [2.24, 2.45) is 0 Å². The van der Waals surface area contributed by atoms with Crippen molar-refractivity contribution in [1.29, 1.82) is 0 Å². The van der Waals surface area contributed by atoms with Crippen LogP contribution in [0.25, 0.3) is 0 Å². The van der Waals surface area contributed by atoms with E-state index in [2.05, 4.69) is 4.72 Å². The summed E-state index contributed by atoms with van der Waals surface area (Å²) < 4.78 is 77.2. The zero-order valence-corrected chi connectivity index (χ0v) is 13.4. The Balaban J connectivity index is 2.15. The number of nitrogens with zero attached hydrogens (tertiary/aromatic N) is 1. The Labute approximate surface area is 128 Å². The van der Waals surface area contributed by atoms with Crippen LogP contribution in [0.5, 0.6) is 0 Å². The molecule has 6 nitrogen and oxygen atoms in total. The summed E-state index contributed by atoms with van der Waals surface area (Å²) >= 11 is 0. The third-order valence-electron chi connectivity index (χ3n) is 3.35. The molecule has 1 fully saturated rings. The van der Waals surface area contributed by atoms with Gasteiger partial charge in [0.1, 0.15) is 16.5 Å². The van der Waals surface area contributed by atoms with Gasteiger partial charge in [-0.05, 0) is 31.0 Å². The van der Waals surface area contributed by atoms with E-state index in [0.717, 1.165) is 22.7 Å². The van der Waals surface area contributed by atoms with Crippen molar-refractivity contribution in [2.45, 2.75) is 23.8 Å². The molecule has 0 atom stereocenters. The molecular weight excluding hydrogens is 338 g/mol. The van der Waals surface area contributed by atoms with Crippen LogP contribution in [-0.4, -0.2) is 46.5 Å². The summed E-state index contributed by atoms with van der Waals surface area (Å²) in [4.78, 5) is -0.706. The number of sulfonamides is 2. The highest BCUT2D eigenvalue weighted by molar-refractivity contribution is 7.89. The lowest BCUT2D eigenvalue weighted by molar-refractivity contribution is 0.307. The van der Waals surface area contributed by atoms with E-state index in [0.29, 0.717) is 6.07 Å². The fourth-order valence-corrected chi connectivity index (χ4v) is 4.72. The van der Waals surface area contributed by atoms with Gasteiger partial charge in [-0.15, -0.1) is 0 Å². The maximum Gasteiger partial charge on any atom is 0.246 e. The lowest BCUT2D eigenvalue weighted by atomic mass is 10.1. The van der Waals surface area contributed by atoms with E-state index in [4.69, 9.17) is 0 Å². The highest BCUT2D eigenvalue weighted by atomic mass is 32.2. The van der Waals surface area contributed by atoms with Gasteiger partial charge < -0.3 is 0 Å². The molecule has 124 valence electrons. The van der Waals surface area contributed by atoms with E-state index in [-0.39, 0.29) is 32.0 Å². The van der Waals surface area contributed by atoms with Crippen LogP contribution in [0.1, 0.15) is 12.8 Å². The predicted molar refractivity (Wildman–Crippen MR) is 76.1 cm³/mol. The van der Waals surface area contributed by atoms with E-state index in [1.54, 1.807) is 0 Å². The Bertz CT molecular complexity index is 757. The molecule has 22 heavy (non-hydrogen) atoms. The summed E-state index contributed by atoms with van der Waals surface area (Å²) in [7, 11) is -7.51. The lowest BCUT2D eigenvalue weighted by Crippen LogP contribution is -2.46. The number of rotatable bonds is 4. The van der Waals surface area contributed by atoms with Crippen LogP contribution >= 0.6 is 0 Å². The first-order valence-corrected chi connectivity index (χ1v) is 9.85. The van der Waals surface area contributed by atoms with Gasteiger partial charge in [0, 0.05) is 19.1 Å². The average Bonchev–Trinajstić information content (AvgIpc) is 2.40. The number of hydrogen-bond acceptors (Lipinski definition) is 4. The first-order valence-electron chi connectivity index (χ1n) is 6.52. The van der Waals surface area contributed by atoms with Crippen LogP contribution in [-0.2, 0) is 20.0 Å². The summed E-state index contributed by atoms with van der Waals surface area (Å²) in [6.45, 7) is 0.0664. The number of piperidine rings is 1. The van der Waals surface area contributed by atoms with Crippen LogP contribution in [0.2, 0.25) is 0 Å². The van der Waals surface area contributed by atoms with Crippen molar-refractivity contribution in [3.8, 4) is 0 Å². The molecule has 0 aromatic heterocycles. The van der Waals surface area contributed by atoms with Gasteiger partial charge in [-0.25, -0.2) is 30.3 Å². The highest BCUT2D eigenvalue weighted by Gasteiger charge is 2.32. The second kappa shape index (κ2) is 6.19. The number of hydrogen-bond donors (Lipinski definition) is 1. The van der Waals surface area contributed by atoms with Crippen molar-refractivity contribution in [2.75, 3.05) is 19.3 Å². The SMILES string of the molecule is CS(=O)(=O)NC1CCN(S(=O)(=O)c2cc(F)ccc2F)CC1. The number of nitrogens with one attached hydrogen (secondary N) is 1. The number of benzene rings is 1. The maximum absolute atomic E-state index is 13.7. The Morgan fingerprint density at radius 1 is 1.14 bits per heavy atom. The second-order valence-electron chi connectivity index (χ2n) is 5.14. The standard InChI is InChI=1S/C12H16F2N2O4S2/c1-21(17,18)15-10-4-6-16(7-5-10)22(19,20)12-8-9(13)2-3-11(12)14/h2-3,8,10,15H,4-7H2,1H3. The zero-order valence-electron chi connectivity index (χ0n) is 11.8. The molecule has 0 amide bonds. The average molecular weight is 354 g/mol. The van der Waals surface area contributed by atoms with Gasteiger partial charge >= 0.3 is 0 Å². The van der Waals surface area contributed by atoms with E-state index >= 15 is 0 Å². The normalized spacial score (nSPS) is 18.5. The van der Waals surface area contributed by atoms with Crippen LogP contribution < -0.4 is 4.72 Å². The molecule has 0 bridgehead atoms. The van der Waals surface area contributed by atoms with Gasteiger partial charge in [-0.3, -0.25) is 0 Å². The minimum atomic E-state index is -4.14. The maximum atomic E-state index is 13.7. The highest BCUT2D eigenvalue weighted by Crippen LogP contribution is 2.23. The van der Waals surface area contributed by atoms with Crippen LogP contribution in [0.15, 0.2) is 23.1 Å². The van der Waals surface area contributed by atoms with Gasteiger partial charge in [0.2, 0.25) is 20.0 Å². The molecule has 1 aliphatic rings. The molecule has 1 aliphatic heterocycles. The quantitative estimate of drug-likeness (QED) is 0.861. The van der Waals surface area contributed by atoms with Crippen molar-refractivity contribution in [3.63, 3.8) is 0 Å². The molecule has 0 unspecified atom stereocenters. The fourth-order valence-electron chi connectivity index (χ4n) is 2.33. The topological polar surface area (TPSA) is 83.6 Å². The molecule has 1 aromatic rings. The van der Waals surface area contributed by atoms with Crippen LogP contribution in [0.4, 0.5) is 8.78 Å². The van der Waals surface area contributed by atoms with Gasteiger partial charge in [0.25, 0.3) is 0 Å². The smallest absolute Gasteiger partial charge is 0.213 e. The molecule has 2 rings (SSSR count). The molecule has 1 N–H and O–H groups in total. The molecule has 0 aliphatic carbocycles. The molecule has 0 spiro atoms. The van der Waals surface area contributed by atoms with Gasteiger partial charge in [-0.2, -0.15) is 4.31 Å². The largest absolute Gasteiger partial charge is 0.246 e. The summed E-state index contributed by atoms with van der Waals surface area (Å²) in [5, 5.41) is 0. The minimum absolute atomic E-state index is 0.0332. The van der Waals surface area contributed by atoms with Gasteiger partial charge in [-0.1, -0.05) is 0 Å². The van der Waals surface area contributed by atoms with Crippen LogP contribution in [0.3, 0.4) is 0 Å². The van der Waals surface area contributed by atoms with Crippen molar-refractivity contribution in [1.82, 2.24) is 9.03 Å². The van der Waals surface area contributed by atoms with Gasteiger partial charge in [0.15, 0.2) is 0 Å². The van der Waals surface area contributed by atoms with E-state index in [9.17, 15) is 25.6 Å². The number of halogens is 2. The minimum Gasteiger partial charge on any atom is -0.213 e. The Morgan fingerprint density at radius 3 is 2.27 bits per heavy atom. The van der Waals surface area contributed by atoms with Gasteiger partial charge in [0.05, 0.1) is 6.26 Å². The molecule has 0 radical (unpaired) electrons. The summed E-state index contributed by atoms with van der Waals surface area (Å²) in [5.74, 6) is -1.86. The molecule has 10 heteroatoms. The summed E-state index contributed by atoms with van der Waals surface area (Å²) in [5.41, 5.74) is 0. The molecule has 1 saturated heterocycles. The molecular formula is C12H16F2N2O4S2. The zero-order chi connectivity index (χ0) is 16.5. The monoisotopic (exact) mass is 354 g/mol. The fraction of sp³-hybridized carbons (Fsp3) is 0.500. The van der Waals surface area contributed by atoms with Crippen molar-refractivity contribution < 1.29 is 25.6 Å². The molecule has 1 aromatic carbocycles. The molecule has 1 heterocycles. The first-order chi connectivity index (χ1) is 10.1. The summed E-state index contributed by atoms with van der Waals surface area (Å²) in [6, 6.07) is 1.89. The first kappa shape index (κ1) is 17.3. The third kappa shape index (κ3) is 4.00. The Kier molecular flexibility index (Phi) is 4.85. The predicted octanol–water partition coefficient (Wildman–Crippen LogP) is 0.667. The van der Waals surface area contributed by atoms with E-state index in [1.807, 2.05) is 0 Å². The summed E-state index contributed by atoms with van der Waals surface area (Å²) in [6.07, 6.45) is 1.56. The van der Waals surface area contributed by atoms with Crippen molar-refractivity contribution in [3.05, 3.63) is 29.8 Å². The second-order valence-corrected chi connectivity index (χ2v) is 8.83. The molecule has 0 saturated carbocycles. The Morgan fingerprint density at radius 2 is 1.73 bits per heavy atom. The van der Waals surface area contributed by atoms with E-state index in [1.165, 1.54) is 0 Å².